The lowest BCUT2D eigenvalue weighted by molar-refractivity contribution is 0.0717. The van der Waals surface area contributed by atoms with Gasteiger partial charge in [-0.2, -0.15) is 0 Å². The molecule has 1 aliphatic rings. The smallest absolute Gasteiger partial charge is 0.254 e. The van der Waals surface area contributed by atoms with Gasteiger partial charge in [0.25, 0.3) is 5.91 Å². The second-order valence-corrected chi connectivity index (χ2v) is 8.29. The molecule has 1 atom stereocenters. The molecule has 0 spiro atoms. The average molecular weight is 437 g/mol. The van der Waals surface area contributed by atoms with Gasteiger partial charge in [-0.3, -0.25) is 4.79 Å². The maximum absolute atomic E-state index is 13.1. The summed E-state index contributed by atoms with van der Waals surface area (Å²) in [6, 6.07) is 20.8. The van der Waals surface area contributed by atoms with Gasteiger partial charge in [-0.15, -0.1) is 0 Å². The Bertz CT molecular complexity index is 1220. The topological polar surface area (TPSA) is 46.3 Å². The van der Waals surface area contributed by atoms with Crippen molar-refractivity contribution in [1.29, 1.82) is 0 Å². The van der Waals surface area contributed by atoms with E-state index >= 15 is 0 Å². The number of halogens is 2. The van der Waals surface area contributed by atoms with Gasteiger partial charge in [-0.05, 0) is 54.3 Å². The maximum atomic E-state index is 13.1. The summed E-state index contributed by atoms with van der Waals surface area (Å²) in [6.45, 7) is 0.640. The molecule has 6 heteroatoms. The molecular weight excluding hydrogens is 419 g/mol. The molecule has 4 nitrogen and oxygen atoms in total. The Morgan fingerprint density at radius 1 is 0.967 bits per heavy atom. The molecule has 1 aromatic heterocycles. The minimum Gasteiger partial charge on any atom is -0.438 e. The molecule has 1 saturated heterocycles. The van der Waals surface area contributed by atoms with Crippen LogP contribution in [0.5, 0.6) is 0 Å². The van der Waals surface area contributed by atoms with Gasteiger partial charge in [-0.25, -0.2) is 4.98 Å². The van der Waals surface area contributed by atoms with Crippen molar-refractivity contribution >= 4 is 40.2 Å². The van der Waals surface area contributed by atoms with Gasteiger partial charge in [0.05, 0.1) is 0 Å². The van der Waals surface area contributed by atoms with Crippen molar-refractivity contribution in [3.63, 3.8) is 0 Å². The second kappa shape index (κ2) is 7.78. The molecule has 3 aromatic carbocycles. The van der Waals surface area contributed by atoms with Crippen molar-refractivity contribution in [3.8, 4) is 11.1 Å². The number of benzene rings is 3. The van der Waals surface area contributed by atoms with Crippen LogP contribution in [0.4, 0.5) is 0 Å². The molecule has 0 bridgehead atoms. The average Bonchev–Trinajstić information content (AvgIpc) is 3.39. The summed E-state index contributed by atoms with van der Waals surface area (Å²) in [4.78, 5) is 19.7. The van der Waals surface area contributed by atoms with Gasteiger partial charge in [0.2, 0.25) is 5.89 Å². The lowest BCUT2D eigenvalue weighted by Gasteiger charge is -2.22. The zero-order chi connectivity index (χ0) is 20.7. The summed E-state index contributed by atoms with van der Waals surface area (Å²) in [7, 11) is 0. The van der Waals surface area contributed by atoms with Crippen molar-refractivity contribution in [2.24, 2.45) is 0 Å². The predicted molar refractivity (Wildman–Crippen MR) is 119 cm³/mol. The highest BCUT2D eigenvalue weighted by atomic mass is 35.5. The fraction of sp³-hybridized carbons (Fsp3) is 0.167. The van der Waals surface area contributed by atoms with Crippen LogP contribution in [0.2, 0.25) is 10.0 Å². The zero-order valence-electron chi connectivity index (χ0n) is 16.0. The third-order valence-electron chi connectivity index (χ3n) is 5.42. The molecule has 1 fully saturated rings. The number of aromatic nitrogens is 1. The van der Waals surface area contributed by atoms with E-state index in [4.69, 9.17) is 32.6 Å². The van der Waals surface area contributed by atoms with Crippen molar-refractivity contribution in [1.82, 2.24) is 9.88 Å². The molecular formula is C24H18Cl2N2O2. The normalized spacial score (nSPS) is 16.3. The molecule has 5 rings (SSSR count). The summed E-state index contributed by atoms with van der Waals surface area (Å²) in [5, 5.41) is 0.883. The number of oxazole rings is 1. The standard InChI is InChI=1S/C24H18Cl2N2O2/c25-18-11-17(12-19(26)14-18)24(29)28-10-4-7-21(28)23-27-20-13-16(8-9-22(20)30-23)15-5-2-1-3-6-15/h1-3,5-6,8-9,11-14,21H,4,7,10H2. The van der Waals surface area contributed by atoms with Crippen LogP contribution in [-0.4, -0.2) is 22.3 Å². The lowest BCUT2D eigenvalue weighted by atomic mass is 10.1. The number of fused-ring (bicyclic) bond motifs is 1. The monoisotopic (exact) mass is 436 g/mol. The van der Waals surface area contributed by atoms with Crippen LogP contribution in [0.15, 0.2) is 71.1 Å². The van der Waals surface area contributed by atoms with Gasteiger partial charge in [0.15, 0.2) is 5.58 Å². The van der Waals surface area contributed by atoms with E-state index in [1.165, 1.54) is 0 Å². The third-order valence-corrected chi connectivity index (χ3v) is 5.86. The van der Waals surface area contributed by atoms with E-state index in [0.29, 0.717) is 28.0 Å². The van der Waals surface area contributed by atoms with Crippen LogP contribution in [0.1, 0.15) is 35.1 Å². The Morgan fingerprint density at radius 3 is 2.50 bits per heavy atom. The first-order valence-corrected chi connectivity index (χ1v) is 10.6. The van der Waals surface area contributed by atoms with E-state index in [9.17, 15) is 4.79 Å². The van der Waals surface area contributed by atoms with Gasteiger partial charge in [0.1, 0.15) is 11.6 Å². The van der Waals surface area contributed by atoms with Crippen molar-refractivity contribution < 1.29 is 9.21 Å². The maximum Gasteiger partial charge on any atom is 0.254 e. The van der Waals surface area contributed by atoms with E-state index in [1.54, 1.807) is 23.1 Å². The number of rotatable bonds is 3. The van der Waals surface area contributed by atoms with Gasteiger partial charge >= 0.3 is 0 Å². The number of carbonyl (C=O) groups is 1. The number of nitrogens with zero attached hydrogens (tertiary/aromatic N) is 2. The summed E-state index contributed by atoms with van der Waals surface area (Å²) in [5.74, 6) is 0.448. The number of carbonyl (C=O) groups excluding carboxylic acids is 1. The summed E-state index contributed by atoms with van der Waals surface area (Å²) >= 11 is 12.2. The van der Waals surface area contributed by atoms with Gasteiger partial charge in [0, 0.05) is 22.2 Å². The Labute approximate surface area is 184 Å². The first-order chi connectivity index (χ1) is 14.6. The quantitative estimate of drug-likeness (QED) is 0.355. The van der Waals surface area contributed by atoms with Crippen molar-refractivity contribution in [2.45, 2.75) is 18.9 Å². The van der Waals surface area contributed by atoms with Crippen molar-refractivity contribution in [2.75, 3.05) is 6.54 Å². The summed E-state index contributed by atoms with van der Waals surface area (Å²) in [6.07, 6.45) is 1.69. The van der Waals surface area contributed by atoms with E-state index in [-0.39, 0.29) is 11.9 Å². The molecule has 30 heavy (non-hydrogen) atoms. The predicted octanol–water partition coefficient (Wildman–Crippen LogP) is 6.78. The highest BCUT2D eigenvalue weighted by Crippen LogP contribution is 2.35. The van der Waals surface area contributed by atoms with E-state index in [1.807, 2.05) is 36.4 Å². The minimum absolute atomic E-state index is 0.117. The van der Waals surface area contributed by atoms with E-state index in [0.717, 1.165) is 35.1 Å². The molecule has 4 aromatic rings. The molecule has 150 valence electrons. The summed E-state index contributed by atoms with van der Waals surface area (Å²) < 4.78 is 6.05. The lowest BCUT2D eigenvalue weighted by Crippen LogP contribution is -2.30. The minimum atomic E-state index is -0.206. The Hall–Kier alpha value is -2.82. The zero-order valence-corrected chi connectivity index (χ0v) is 17.5. The van der Waals surface area contributed by atoms with Crippen LogP contribution in [0, 0.1) is 0 Å². The van der Waals surface area contributed by atoms with Crippen LogP contribution in [0.25, 0.3) is 22.2 Å². The van der Waals surface area contributed by atoms with E-state index < -0.39 is 0 Å². The SMILES string of the molecule is O=C(c1cc(Cl)cc(Cl)c1)N1CCCC1c1nc2cc(-c3ccccc3)ccc2o1. The molecule has 0 N–H and O–H groups in total. The number of hydrogen-bond acceptors (Lipinski definition) is 3. The Morgan fingerprint density at radius 2 is 1.73 bits per heavy atom. The van der Waals surface area contributed by atoms with Crippen LogP contribution >= 0.6 is 23.2 Å². The second-order valence-electron chi connectivity index (χ2n) is 7.42. The first-order valence-electron chi connectivity index (χ1n) is 9.81. The van der Waals surface area contributed by atoms with E-state index in [2.05, 4.69) is 12.1 Å². The highest BCUT2D eigenvalue weighted by molar-refractivity contribution is 6.35. The number of hydrogen-bond donors (Lipinski definition) is 0. The Balaban J connectivity index is 1.47. The molecule has 0 radical (unpaired) electrons. The van der Waals surface area contributed by atoms with Gasteiger partial charge in [-0.1, -0.05) is 59.6 Å². The molecule has 0 saturated carbocycles. The number of amides is 1. The number of likely N-dealkylation sites (tertiary alicyclic amines) is 1. The molecule has 1 amide bonds. The highest BCUT2D eigenvalue weighted by Gasteiger charge is 2.34. The van der Waals surface area contributed by atoms with Crippen LogP contribution < -0.4 is 0 Å². The largest absolute Gasteiger partial charge is 0.438 e. The van der Waals surface area contributed by atoms with Crippen molar-refractivity contribution in [3.05, 3.63) is 88.2 Å². The molecule has 1 unspecified atom stereocenters. The molecule has 2 heterocycles. The fourth-order valence-corrected chi connectivity index (χ4v) is 4.53. The first kappa shape index (κ1) is 19.2. The Kier molecular flexibility index (Phi) is 4.97. The third kappa shape index (κ3) is 3.57. The molecule has 0 aliphatic carbocycles. The van der Waals surface area contributed by atoms with Crippen LogP contribution in [-0.2, 0) is 0 Å². The fourth-order valence-electron chi connectivity index (χ4n) is 4.01. The summed E-state index contributed by atoms with van der Waals surface area (Å²) in [5.41, 5.74) is 4.18. The van der Waals surface area contributed by atoms with Gasteiger partial charge < -0.3 is 9.32 Å². The van der Waals surface area contributed by atoms with Crippen LogP contribution in [0.3, 0.4) is 0 Å². The molecule has 1 aliphatic heterocycles.